The minimum absolute atomic E-state index is 0.146. The Hall–Kier alpha value is 0.430. The summed E-state index contributed by atoms with van der Waals surface area (Å²) in [6.45, 7) is 0. The maximum Gasteiger partial charge on any atom is 0.270 e. The van der Waals surface area contributed by atoms with Crippen molar-refractivity contribution in [2.75, 3.05) is 0 Å². The lowest BCUT2D eigenvalue weighted by Crippen LogP contribution is -2.03. The summed E-state index contributed by atoms with van der Waals surface area (Å²) in [6, 6.07) is 1.02. The third-order valence-corrected chi connectivity index (χ3v) is 4.52. The van der Waals surface area contributed by atoms with Crippen LogP contribution in [0.2, 0.25) is 0 Å². The van der Waals surface area contributed by atoms with Gasteiger partial charge in [0.15, 0.2) is 0 Å². The third kappa shape index (κ3) is 2.72. The van der Waals surface area contributed by atoms with Gasteiger partial charge in [-0.2, -0.15) is 0 Å². The first kappa shape index (κ1) is 12.5. The van der Waals surface area contributed by atoms with Crippen LogP contribution >= 0.6 is 56.8 Å². The summed E-state index contributed by atoms with van der Waals surface area (Å²) >= 11 is 8.69. The average molecular weight is 443 g/mol. The van der Waals surface area contributed by atoms with Crippen LogP contribution in [0, 0.1) is 7.27 Å². The van der Waals surface area contributed by atoms with Crippen LogP contribution in [0.25, 0.3) is 0 Å². The zero-order valence-electron chi connectivity index (χ0n) is 6.40. The highest BCUT2D eigenvalue weighted by molar-refractivity contribution is 14.1. The van der Waals surface area contributed by atoms with E-state index < -0.39 is 11.7 Å². The van der Waals surface area contributed by atoms with Crippen molar-refractivity contribution >= 4 is 62.0 Å². The summed E-state index contributed by atoms with van der Waals surface area (Å²) in [5.41, 5.74) is -0.360. The van der Waals surface area contributed by atoms with Crippen LogP contribution in [0.1, 0.15) is 22.5 Å². The van der Waals surface area contributed by atoms with Crippen molar-refractivity contribution in [2.45, 2.75) is 6.43 Å². The van der Waals surface area contributed by atoms with Gasteiger partial charge in [-0.25, -0.2) is 13.8 Å². The first-order valence-corrected chi connectivity index (χ1v) is 5.81. The first-order valence-electron chi connectivity index (χ1n) is 3.27. The highest BCUT2D eigenvalue weighted by Gasteiger charge is 2.18. The zero-order valence-corrected chi connectivity index (χ0v) is 11.5. The quantitative estimate of drug-likeness (QED) is 0.397. The molecule has 1 heterocycles. The predicted octanol–water partition coefficient (Wildman–Crippen LogP) is 3.61. The second-order valence-electron chi connectivity index (χ2n) is 2.28. The van der Waals surface area contributed by atoms with E-state index in [1.54, 1.807) is 45.2 Å². The second kappa shape index (κ2) is 4.97. The largest absolute Gasteiger partial charge is 0.274 e. The molecule has 0 saturated carbocycles. The minimum atomic E-state index is -2.63. The summed E-state index contributed by atoms with van der Waals surface area (Å²) in [5, 5.41) is -0.832. The van der Waals surface area contributed by atoms with E-state index >= 15 is 0 Å². The first-order chi connectivity index (χ1) is 6.43. The number of hydrogen-bond donors (Lipinski definition) is 0. The molecule has 7 heteroatoms. The van der Waals surface area contributed by atoms with E-state index in [1.165, 1.54) is 0 Å². The fourth-order valence-corrected chi connectivity index (χ4v) is 1.96. The van der Waals surface area contributed by atoms with Crippen LogP contribution in [0.15, 0.2) is 6.07 Å². The molecule has 0 saturated heterocycles. The Balaban J connectivity index is 3.35. The highest BCUT2D eigenvalue weighted by atomic mass is 127. The van der Waals surface area contributed by atoms with Gasteiger partial charge in [-0.3, -0.25) is 4.79 Å². The third-order valence-electron chi connectivity index (χ3n) is 1.38. The Morgan fingerprint density at radius 2 is 2.07 bits per heavy atom. The Bertz CT molecular complexity index is 386. The summed E-state index contributed by atoms with van der Waals surface area (Å²) in [7, 11) is 0. The minimum Gasteiger partial charge on any atom is -0.274 e. The number of hydrogen-bond acceptors (Lipinski definition) is 2. The molecule has 0 bridgehead atoms. The number of aromatic nitrogens is 1. The van der Waals surface area contributed by atoms with Crippen LogP contribution in [0.5, 0.6) is 0 Å². The van der Waals surface area contributed by atoms with Crippen molar-refractivity contribution in [2.24, 2.45) is 0 Å². The Morgan fingerprint density at radius 3 is 2.50 bits per heavy atom. The number of pyridine rings is 1. The maximum absolute atomic E-state index is 12.5. The Kier molecular flexibility index (Phi) is 4.44. The SMILES string of the molecule is O=C(Cl)c1cc(C(F)F)c(I)c(I)n1. The Labute approximate surface area is 111 Å². The van der Waals surface area contributed by atoms with E-state index in [-0.39, 0.29) is 11.3 Å². The van der Waals surface area contributed by atoms with E-state index in [0.29, 0.717) is 7.27 Å². The summed E-state index contributed by atoms with van der Waals surface area (Å²) in [6.07, 6.45) is -2.63. The number of halogens is 5. The molecule has 14 heavy (non-hydrogen) atoms. The standard InChI is InChI=1S/C7H2ClF2I2NO/c8-5(14)3-1-2(6(9)10)4(11)7(12)13-3/h1,6H. The van der Waals surface area contributed by atoms with Crippen LogP contribution in [-0.4, -0.2) is 10.2 Å². The predicted molar refractivity (Wildman–Crippen MR) is 64.8 cm³/mol. The Morgan fingerprint density at radius 1 is 1.50 bits per heavy atom. The molecule has 0 aliphatic carbocycles. The monoisotopic (exact) mass is 443 g/mol. The van der Waals surface area contributed by atoms with E-state index in [9.17, 15) is 13.6 Å². The van der Waals surface area contributed by atoms with Gasteiger partial charge in [-0.05, 0) is 62.8 Å². The number of carbonyl (C=O) groups is 1. The van der Waals surface area contributed by atoms with E-state index in [0.717, 1.165) is 6.07 Å². The van der Waals surface area contributed by atoms with Gasteiger partial charge in [0.1, 0.15) is 9.39 Å². The molecule has 0 aliphatic heterocycles. The topological polar surface area (TPSA) is 30.0 Å². The second-order valence-corrected chi connectivity index (χ2v) is 4.72. The number of carbonyl (C=O) groups excluding carboxylic acids is 1. The fourth-order valence-electron chi connectivity index (χ4n) is 0.776. The van der Waals surface area contributed by atoms with Crippen molar-refractivity contribution in [3.63, 3.8) is 0 Å². The van der Waals surface area contributed by atoms with Crippen LogP contribution < -0.4 is 0 Å². The molecule has 0 aromatic carbocycles. The van der Waals surface area contributed by atoms with Gasteiger partial charge in [0.25, 0.3) is 11.7 Å². The molecule has 1 aromatic heterocycles. The van der Waals surface area contributed by atoms with E-state index in [4.69, 9.17) is 11.6 Å². The summed E-state index contributed by atoms with van der Waals surface area (Å²) < 4.78 is 25.6. The van der Waals surface area contributed by atoms with Gasteiger partial charge in [0.2, 0.25) is 0 Å². The molecule has 0 aliphatic rings. The number of alkyl halides is 2. The normalized spacial score (nSPS) is 10.7. The van der Waals surface area contributed by atoms with Gasteiger partial charge < -0.3 is 0 Å². The molecule has 0 fully saturated rings. The van der Waals surface area contributed by atoms with E-state index in [1.807, 2.05) is 0 Å². The maximum atomic E-state index is 12.5. The summed E-state index contributed by atoms with van der Waals surface area (Å²) in [5.74, 6) is 0. The molecule has 0 amide bonds. The van der Waals surface area contributed by atoms with Crippen LogP contribution in [-0.2, 0) is 0 Å². The number of rotatable bonds is 2. The van der Waals surface area contributed by atoms with Crippen molar-refractivity contribution in [1.82, 2.24) is 4.98 Å². The lowest BCUT2D eigenvalue weighted by Gasteiger charge is -2.05. The molecular formula is C7H2ClF2I2NO. The number of nitrogens with zero attached hydrogens (tertiary/aromatic N) is 1. The van der Waals surface area contributed by atoms with Gasteiger partial charge in [-0.1, -0.05) is 0 Å². The fraction of sp³-hybridized carbons (Fsp3) is 0.143. The highest BCUT2D eigenvalue weighted by Crippen LogP contribution is 2.28. The van der Waals surface area contributed by atoms with Crippen molar-refractivity contribution < 1.29 is 13.6 Å². The van der Waals surface area contributed by atoms with Gasteiger partial charge in [0, 0.05) is 5.56 Å². The molecule has 1 aromatic rings. The lowest BCUT2D eigenvalue weighted by molar-refractivity contribution is 0.107. The van der Waals surface area contributed by atoms with Gasteiger partial charge >= 0.3 is 0 Å². The van der Waals surface area contributed by atoms with Gasteiger partial charge in [-0.15, -0.1) is 0 Å². The van der Waals surface area contributed by atoms with Crippen LogP contribution in [0.3, 0.4) is 0 Å². The van der Waals surface area contributed by atoms with Crippen LogP contribution in [0.4, 0.5) is 8.78 Å². The van der Waals surface area contributed by atoms with Crippen molar-refractivity contribution in [3.05, 3.63) is 24.6 Å². The van der Waals surface area contributed by atoms with Crippen molar-refractivity contribution in [3.8, 4) is 0 Å². The van der Waals surface area contributed by atoms with E-state index in [2.05, 4.69) is 4.98 Å². The smallest absolute Gasteiger partial charge is 0.270 e. The zero-order chi connectivity index (χ0) is 10.9. The molecule has 0 radical (unpaired) electrons. The lowest BCUT2D eigenvalue weighted by atomic mass is 10.2. The average Bonchev–Trinajstić information content (AvgIpc) is 2.08. The molecule has 2 nitrogen and oxygen atoms in total. The van der Waals surface area contributed by atoms with Gasteiger partial charge in [0.05, 0.1) is 3.57 Å². The molecular weight excluding hydrogens is 441 g/mol. The molecule has 1 rings (SSSR count). The van der Waals surface area contributed by atoms with Crippen molar-refractivity contribution in [1.29, 1.82) is 0 Å². The summed E-state index contributed by atoms with van der Waals surface area (Å²) in [4.78, 5) is 14.5. The molecule has 0 N–H and O–H groups in total. The molecule has 76 valence electrons. The molecule has 0 unspecified atom stereocenters. The molecule has 0 spiro atoms. The molecule has 0 atom stereocenters.